The third-order valence-electron chi connectivity index (χ3n) is 1.85. The Hall–Kier alpha value is -0.820. The first-order valence-corrected chi connectivity index (χ1v) is 4.60. The second-order valence-corrected chi connectivity index (χ2v) is 2.85. The first-order chi connectivity index (χ1) is 5.93. The maximum absolute atomic E-state index is 4.29. The van der Waals surface area contributed by atoms with Crippen molar-refractivity contribution in [2.45, 2.75) is 19.8 Å². The topological polar surface area (TPSA) is 14.1 Å². The molecule has 0 aliphatic heterocycles. The maximum atomic E-state index is 4.29. The summed E-state index contributed by atoms with van der Waals surface area (Å²) < 4.78 is 0. The van der Waals surface area contributed by atoms with Gasteiger partial charge < -0.3 is 0 Å². The lowest BCUT2D eigenvalue weighted by molar-refractivity contribution is 0.660. The highest BCUT2D eigenvalue weighted by molar-refractivity contribution is 5.14. The van der Waals surface area contributed by atoms with Crippen molar-refractivity contribution >= 4 is 0 Å². The van der Waals surface area contributed by atoms with E-state index in [1.54, 1.807) is 0 Å². The van der Waals surface area contributed by atoms with E-state index >= 15 is 0 Å². The summed E-state index contributed by atoms with van der Waals surface area (Å²) in [5, 5.41) is 4.29. The quantitative estimate of drug-likeness (QED) is 0.590. The number of rotatable bonds is 5. The van der Waals surface area contributed by atoms with Crippen molar-refractivity contribution in [2.75, 3.05) is 13.1 Å². The third-order valence-corrected chi connectivity index (χ3v) is 1.85. The molecule has 0 amide bonds. The molecule has 0 aliphatic rings. The van der Waals surface area contributed by atoms with Crippen LogP contribution in [0, 0.1) is 0 Å². The minimum Gasteiger partial charge on any atom is -0.242 e. The summed E-state index contributed by atoms with van der Waals surface area (Å²) in [6.45, 7) is 4.04. The van der Waals surface area contributed by atoms with Crippen molar-refractivity contribution in [2.24, 2.45) is 0 Å². The van der Waals surface area contributed by atoms with Gasteiger partial charge in [0.2, 0.25) is 0 Å². The fraction of sp³-hybridized carbons (Fsp3) is 0.455. The highest BCUT2D eigenvalue weighted by Crippen LogP contribution is 2.01. The summed E-state index contributed by atoms with van der Waals surface area (Å²) in [5.74, 6) is 0. The van der Waals surface area contributed by atoms with Crippen molar-refractivity contribution in [3.8, 4) is 0 Å². The predicted octanol–water partition coefficient (Wildman–Crippen LogP) is 2.24. The first-order valence-electron chi connectivity index (χ1n) is 4.60. The van der Waals surface area contributed by atoms with Gasteiger partial charge in [0, 0.05) is 13.1 Å². The zero-order valence-corrected chi connectivity index (χ0v) is 7.66. The Morgan fingerprint density at radius 1 is 1.17 bits per heavy atom. The molecular formula is C11H16N. The number of hydrogen-bond acceptors (Lipinski definition) is 0. The molecule has 1 radical (unpaired) electrons. The molecule has 65 valence electrons. The third kappa shape index (κ3) is 3.54. The second-order valence-electron chi connectivity index (χ2n) is 2.85. The molecule has 1 rings (SSSR count). The van der Waals surface area contributed by atoms with E-state index < -0.39 is 0 Å². The summed E-state index contributed by atoms with van der Waals surface area (Å²) >= 11 is 0. The van der Waals surface area contributed by atoms with Crippen LogP contribution in [0.15, 0.2) is 30.3 Å². The molecule has 0 saturated heterocycles. The van der Waals surface area contributed by atoms with Crippen molar-refractivity contribution < 1.29 is 0 Å². The zero-order valence-electron chi connectivity index (χ0n) is 7.66. The summed E-state index contributed by atoms with van der Waals surface area (Å²) in [5.41, 5.74) is 1.42. The summed E-state index contributed by atoms with van der Waals surface area (Å²) in [6, 6.07) is 10.6. The van der Waals surface area contributed by atoms with Gasteiger partial charge in [-0.15, -0.1) is 0 Å². The molecule has 1 heteroatoms. The van der Waals surface area contributed by atoms with E-state index in [-0.39, 0.29) is 0 Å². The van der Waals surface area contributed by atoms with Gasteiger partial charge in [0.25, 0.3) is 0 Å². The van der Waals surface area contributed by atoms with E-state index in [1.807, 2.05) is 0 Å². The molecule has 0 spiro atoms. The van der Waals surface area contributed by atoms with Crippen LogP contribution in [0.3, 0.4) is 0 Å². The minimum absolute atomic E-state index is 0.953. The Labute approximate surface area is 74.8 Å². The van der Waals surface area contributed by atoms with E-state index in [2.05, 4.69) is 42.6 Å². The lowest BCUT2D eigenvalue weighted by atomic mass is 10.1. The smallest absolute Gasteiger partial charge is 0.0136 e. The van der Waals surface area contributed by atoms with Gasteiger partial charge in [0.1, 0.15) is 0 Å². The first kappa shape index (κ1) is 9.27. The van der Waals surface area contributed by atoms with Gasteiger partial charge in [-0.25, -0.2) is 5.32 Å². The van der Waals surface area contributed by atoms with E-state index in [4.69, 9.17) is 0 Å². The van der Waals surface area contributed by atoms with Crippen LogP contribution in [-0.2, 0) is 6.42 Å². The SMILES string of the molecule is CC[N]CCCc1ccccc1. The average Bonchev–Trinajstić information content (AvgIpc) is 2.14. The fourth-order valence-corrected chi connectivity index (χ4v) is 1.20. The molecule has 0 aromatic heterocycles. The van der Waals surface area contributed by atoms with Gasteiger partial charge in [-0.3, -0.25) is 0 Å². The normalized spacial score (nSPS) is 10.1. The summed E-state index contributed by atoms with van der Waals surface area (Å²) in [6.07, 6.45) is 2.34. The molecule has 1 aromatic carbocycles. The fourth-order valence-electron chi connectivity index (χ4n) is 1.20. The average molecular weight is 162 g/mol. The number of hydrogen-bond donors (Lipinski definition) is 0. The van der Waals surface area contributed by atoms with Gasteiger partial charge in [-0.2, -0.15) is 0 Å². The summed E-state index contributed by atoms with van der Waals surface area (Å²) in [7, 11) is 0. The highest BCUT2D eigenvalue weighted by Gasteiger charge is 1.90. The van der Waals surface area contributed by atoms with Crippen LogP contribution in [0.2, 0.25) is 0 Å². The Bertz CT molecular complexity index is 193. The lowest BCUT2D eigenvalue weighted by Gasteiger charge is -1.99. The monoisotopic (exact) mass is 162 g/mol. The van der Waals surface area contributed by atoms with E-state index in [0.717, 1.165) is 19.5 Å². The molecule has 0 atom stereocenters. The van der Waals surface area contributed by atoms with Crippen LogP contribution < -0.4 is 5.32 Å². The highest BCUT2D eigenvalue weighted by atomic mass is 14.8. The van der Waals surface area contributed by atoms with Crippen molar-refractivity contribution in [1.29, 1.82) is 0 Å². The molecule has 0 fully saturated rings. The molecule has 0 aliphatic carbocycles. The number of aryl methyl sites for hydroxylation is 1. The molecule has 1 nitrogen and oxygen atoms in total. The van der Waals surface area contributed by atoms with E-state index in [9.17, 15) is 0 Å². The van der Waals surface area contributed by atoms with Gasteiger partial charge >= 0.3 is 0 Å². The second kappa shape index (κ2) is 5.78. The van der Waals surface area contributed by atoms with E-state index in [1.165, 1.54) is 12.0 Å². The van der Waals surface area contributed by atoms with Gasteiger partial charge in [-0.1, -0.05) is 37.3 Å². The van der Waals surface area contributed by atoms with Gasteiger partial charge in [0.05, 0.1) is 0 Å². The molecule has 0 heterocycles. The standard InChI is InChI=1S/C11H16N/c1-2-12-10-6-9-11-7-4-3-5-8-11/h3-5,7-8H,2,6,9-10H2,1H3. The molecule has 0 unspecified atom stereocenters. The number of benzene rings is 1. The predicted molar refractivity (Wildman–Crippen MR) is 52.3 cm³/mol. The molecular weight excluding hydrogens is 146 g/mol. The van der Waals surface area contributed by atoms with Crippen molar-refractivity contribution in [3.05, 3.63) is 35.9 Å². The minimum atomic E-state index is 0.953. The molecule has 0 saturated carbocycles. The van der Waals surface area contributed by atoms with Gasteiger partial charge in [0.15, 0.2) is 0 Å². The van der Waals surface area contributed by atoms with Gasteiger partial charge in [-0.05, 0) is 18.4 Å². The van der Waals surface area contributed by atoms with Crippen molar-refractivity contribution in [1.82, 2.24) is 5.32 Å². The Kier molecular flexibility index (Phi) is 4.47. The van der Waals surface area contributed by atoms with Crippen molar-refractivity contribution in [3.63, 3.8) is 0 Å². The Morgan fingerprint density at radius 3 is 2.58 bits per heavy atom. The summed E-state index contributed by atoms with van der Waals surface area (Å²) in [4.78, 5) is 0. The van der Waals surface area contributed by atoms with Crippen LogP contribution in [0.5, 0.6) is 0 Å². The largest absolute Gasteiger partial charge is 0.242 e. The Balaban J connectivity index is 2.16. The molecule has 0 N–H and O–H groups in total. The maximum Gasteiger partial charge on any atom is 0.0136 e. The van der Waals surface area contributed by atoms with Crippen LogP contribution in [0.1, 0.15) is 18.9 Å². The zero-order chi connectivity index (χ0) is 8.65. The number of nitrogens with zero attached hydrogens (tertiary/aromatic N) is 1. The molecule has 1 aromatic rings. The molecule has 0 bridgehead atoms. The Morgan fingerprint density at radius 2 is 1.92 bits per heavy atom. The van der Waals surface area contributed by atoms with Crippen LogP contribution in [-0.4, -0.2) is 13.1 Å². The van der Waals surface area contributed by atoms with Crippen LogP contribution in [0.4, 0.5) is 0 Å². The molecule has 12 heavy (non-hydrogen) atoms. The van der Waals surface area contributed by atoms with E-state index in [0.29, 0.717) is 0 Å². The lowest BCUT2D eigenvalue weighted by Crippen LogP contribution is -2.06. The van der Waals surface area contributed by atoms with Crippen LogP contribution >= 0.6 is 0 Å². The van der Waals surface area contributed by atoms with Crippen LogP contribution in [0.25, 0.3) is 0 Å².